The molecule has 1 fully saturated rings. The van der Waals surface area contributed by atoms with Gasteiger partial charge in [0, 0.05) is 5.69 Å². The fourth-order valence-electron chi connectivity index (χ4n) is 3.89. The summed E-state index contributed by atoms with van der Waals surface area (Å²) in [5.41, 5.74) is 0.980. The first-order valence-electron chi connectivity index (χ1n) is 12.3. The maximum absolute atomic E-state index is 13.3. The van der Waals surface area contributed by atoms with Gasteiger partial charge >= 0.3 is 6.03 Å². The molecule has 212 valence electrons. The van der Waals surface area contributed by atoms with Crippen molar-refractivity contribution in [3.63, 3.8) is 0 Å². The van der Waals surface area contributed by atoms with Gasteiger partial charge in [-0.05, 0) is 95.2 Å². The molecule has 0 spiro atoms. The average molecular weight is 624 g/mol. The molecule has 1 saturated heterocycles. The van der Waals surface area contributed by atoms with Gasteiger partial charge in [-0.15, -0.1) is 0 Å². The summed E-state index contributed by atoms with van der Waals surface area (Å²) < 4.78 is 22.1. The third-order valence-corrected chi connectivity index (χ3v) is 6.38. The Morgan fingerprint density at radius 1 is 0.951 bits per heavy atom. The summed E-state index contributed by atoms with van der Waals surface area (Å²) in [5.74, 6) is -0.326. The Bertz CT molecular complexity index is 1500. The van der Waals surface area contributed by atoms with E-state index in [9.17, 15) is 19.2 Å². The van der Waals surface area contributed by atoms with E-state index in [4.69, 9.17) is 18.9 Å². The fourth-order valence-corrected chi connectivity index (χ4v) is 4.46. The monoisotopic (exact) mass is 623 g/mol. The molecule has 3 aromatic rings. The SMILES string of the molecule is CCOc1ccc(N2C(=O)NC(=O)/C(=C\c3cc(Br)c(OCC(=O)Nc4ccc(OC)cc4)c(OC)c3)C2=O)cc1. The quantitative estimate of drug-likeness (QED) is 0.248. The number of hydrogen-bond acceptors (Lipinski definition) is 8. The number of barbiturate groups is 1. The molecule has 4 rings (SSSR count). The Labute approximate surface area is 244 Å². The van der Waals surface area contributed by atoms with Crippen molar-refractivity contribution < 1.29 is 38.1 Å². The normalized spacial score (nSPS) is 14.0. The van der Waals surface area contributed by atoms with Crippen molar-refractivity contribution in [1.82, 2.24) is 5.32 Å². The second-order valence-electron chi connectivity index (χ2n) is 8.48. The van der Waals surface area contributed by atoms with Crippen molar-refractivity contribution in [2.75, 3.05) is 37.7 Å². The lowest BCUT2D eigenvalue weighted by Crippen LogP contribution is -2.54. The summed E-state index contributed by atoms with van der Waals surface area (Å²) in [5, 5.41) is 4.91. The van der Waals surface area contributed by atoms with Gasteiger partial charge in [0.15, 0.2) is 18.1 Å². The Balaban J connectivity index is 1.52. The highest BCUT2D eigenvalue weighted by Crippen LogP contribution is 2.37. The van der Waals surface area contributed by atoms with Gasteiger partial charge in [-0.25, -0.2) is 9.69 Å². The Morgan fingerprint density at radius 2 is 1.63 bits per heavy atom. The average Bonchev–Trinajstić information content (AvgIpc) is 2.95. The van der Waals surface area contributed by atoms with Gasteiger partial charge in [-0.1, -0.05) is 0 Å². The standard InChI is InChI=1S/C29H26BrN3O8/c1-4-40-21-11-7-19(8-12-21)33-28(36)22(27(35)32-29(33)37)13-17-14-23(30)26(24(15-17)39-3)41-16-25(34)31-18-5-9-20(38-2)10-6-18/h5-15H,4,16H2,1-3H3,(H,31,34)(H,32,35,37)/b22-13+. The van der Waals surface area contributed by atoms with Crippen LogP contribution in [0.1, 0.15) is 12.5 Å². The molecule has 1 aliphatic rings. The van der Waals surface area contributed by atoms with Crippen molar-refractivity contribution >= 4 is 57.1 Å². The lowest BCUT2D eigenvalue weighted by atomic mass is 10.1. The van der Waals surface area contributed by atoms with Crippen molar-refractivity contribution in [1.29, 1.82) is 0 Å². The number of hydrogen-bond donors (Lipinski definition) is 2. The topological polar surface area (TPSA) is 132 Å². The molecular weight excluding hydrogens is 598 g/mol. The minimum atomic E-state index is -0.864. The van der Waals surface area contributed by atoms with Gasteiger partial charge < -0.3 is 24.3 Å². The molecule has 0 unspecified atom stereocenters. The number of nitrogens with one attached hydrogen (secondary N) is 2. The lowest BCUT2D eigenvalue weighted by molar-refractivity contribution is -0.122. The number of anilines is 2. The van der Waals surface area contributed by atoms with Gasteiger partial charge in [-0.3, -0.25) is 19.7 Å². The molecule has 41 heavy (non-hydrogen) atoms. The van der Waals surface area contributed by atoms with E-state index >= 15 is 0 Å². The van der Waals surface area contributed by atoms with Crippen LogP contribution < -0.4 is 34.5 Å². The summed E-state index contributed by atoms with van der Waals surface area (Å²) in [6, 6.07) is 15.4. The van der Waals surface area contributed by atoms with E-state index in [-0.39, 0.29) is 29.4 Å². The molecule has 0 aromatic heterocycles. The second kappa shape index (κ2) is 13.0. The summed E-state index contributed by atoms with van der Waals surface area (Å²) >= 11 is 3.40. The molecule has 2 N–H and O–H groups in total. The summed E-state index contributed by atoms with van der Waals surface area (Å²) in [7, 11) is 2.96. The predicted octanol–water partition coefficient (Wildman–Crippen LogP) is 4.55. The van der Waals surface area contributed by atoms with Crippen LogP contribution in [0.2, 0.25) is 0 Å². The predicted molar refractivity (Wildman–Crippen MR) is 154 cm³/mol. The first-order valence-corrected chi connectivity index (χ1v) is 13.1. The lowest BCUT2D eigenvalue weighted by Gasteiger charge is -2.26. The molecule has 5 amide bonds. The first-order chi connectivity index (χ1) is 19.7. The van der Waals surface area contributed by atoms with Crippen LogP contribution in [0.3, 0.4) is 0 Å². The van der Waals surface area contributed by atoms with Gasteiger partial charge in [-0.2, -0.15) is 0 Å². The third kappa shape index (κ3) is 6.84. The number of halogens is 1. The van der Waals surface area contributed by atoms with Crippen LogP contribution in [0.5, 0.6) is 23.0 Å². The highest BCUT2D eigenvalue weighted by atomic mass is 79.9. The highest BCUT2D eigenvalue weighted by molar-refractivity contribution is 9.10. The van der Waals surface area contributed by atoms with Crippen LogP contribution >= 0.6 is 15.9 Å². The zero-order chi connectivity index (χ0) is 29.5. The van der Waals surface area contributed by atoms with Gasteiger partial charge in [0.1, 0.15) is 17.1 Å². The Kier molecular flexibility index (Phi) is 9.25. The van der Waals surface area contributed by atoms with E-state index < -0.39 is 23.8 Å². The number of carbonyl (C=O) groups is 4. The van der Waals surface area contributed by atoms with E-state index in [0.717, 1.165) is 4.90 Å². The maximum atomic E-state index is 13.3. The maximum Gasteiger partial charge on any atom is 0.335 e. The first kappa shape index (κ1) is 29.2. The van der Waals surface area contributed by atoms with Crippen LogP contribution in [0.25, 0.3) is 6.08 Å². The zero-order valence-electron chi connectivity index (χ0n) is 22.4. The van der Waals surface area contributed by atoms with Crippen LogP contribution in [-0.4, -0.2) is 51.2 Å². The van der Waals surface area contributed by atoms with Gasteiger partial charge in [0.05, 0.1) is 31.0 Å². The van der Waals surface area contributed by atoms with E-state index in [1.807, 2.05) is 6.92 Å². The van der Waals surface area contributed by atoms with E-state index in [1.54, 1.807) is 61.7 Å². The fraction of sp³-hybridized carbons (Fsp3) is 0.172. The molecule has 0 saturated carbocycles. The van der Waals surface area contributed by atoms with Crippen molar-refractivity contribution in [3.05, 3.63) is 76.3 Å². The summed E-state index contributed by atoms with van der Waals surface area (Å²) in [4.78, 5) is 51.7. The van der Waals surface area contributed by atoms with Crippen molar-refractivity contribution in [3.8, 4) is 23.0 Å². The number of rotatable bonds is 10. The molecule has 11 nitrogen and oxygen atoms in total. The highest BCUT2D eigenvalue weighted by Gasteiger charge is 2.37. The Morgan fingerprint density at radius 3 is 2.27 bits per heavy atom. The van der Waals surface area contributed by atoms with Crippen LogP contribution in [0, 0.1) is 0 Å². The molecule has 3 aromatic carbocycles. The third-order valence-electron chi connectivity index (χ3n) is 5.79. The number of urea groups is 1. The van der Waals surface area contributed by atoms with E-state index in [2.05, 4.69) is 26.6 Å². The number of methoxy groups -OCH3 is 2. The molecule has 0 bridgehead atoms. The molecule has 12 heteroatoms. The van der Waals surface area contributed by atoms with E-state index in [0.29, 0.717) is 33.8 Å². The molecule has 0 aliphatic carbocycles. The molecule has 0 atom stereocenters. The zero-order valence-corrected chi connectivity index (χ0v) is 23.9. The van der Waals surface area contributed by atoms with Crippen LogP contribution in [-0.2, 0) is 14.4 Å². The largest absolute Gasteiger partial charge is 0.497 e. The number of benzene rings is 3. The summed E-state index contributed by atoms with van der Waals surface area (Å²) in [6.45, 7) is 1.98. The van der Waals surface area contributed by atoms with Crippen LogP contribution in [0.15, 0.2) is 70.7 Å². The minimum Gasteiger partial charge on any atom is -0.497 e. The van der Waals surface area contributed by atoms with Crippen molar-refractivity contribution in [2.45, 2.75) is 6.92 Å². The van der Waals surface area contributed by atoms with E-state index in [1.165, 1.54) is 19.3 Å². The smallest absolute Gasteiger partial charge is 0.335 e. The second-order valence-corrected chi connectivity index (χ2v) is 9.34. The minimum absolute atomic E-state index is 0.241. The summed E-state index contributed by atoms with van der Waals surface area (Å²) in [6.07, 6.45) is 1.33. The molecule has 1 aliphatic heterocycles. The number of amides is 5. The molecule has 0 radical (unpaired) electrons. The number of imide groups is 2. The molecule has 1 heterocycles. The number of ether oxygens (including phenoxy) is 4. The molecular formula is C29H26BrN3O8. The number of nitrogens with zero attached hydrogens (tertiary/aromatic N) is 1. The van der Waals surface area contributed by atoms with Crippen molar-refractivity contribution in [2.24, 2.45) is 0 Å². The van der Waals surface area contributed by atoms with Gasteiger partial charge in [0.25, 0.3) is 17.7 Å². The Hall–Kier alpha value is -4.84. The van der Waals surface area contributed by atoms with Gasteiger partial charge in [0.2, 0.25) is 0 Å². The number of carbonyl (C=O) groups excluding carboxylic acids is 4. The van der Waals surface area contributed by atoms with Crippen LogP contribution in [0.4, 0.5) is 16.2 Å².